The van der Waals surface area contributed by atoms with Gasteiger partial charge in [0.15, 0.2) is 6.61 Å². The molecule has 6 heteroatoms. The van der Waals surface area contributed by atoms with Crippen molar-refractivity contribution in [2.24, 2.45) is 5.92 Å². The number of rotatable bonds is 7. The first-order chi connectivity index (χ1) is 16.6. The third-order valence-corrected chi connectivity index (χ3v) is 6.56. The van der Waals surface area contributed by atoms with E-state index in [1.807, 2.05) is 29.2 Å². The smallest absolute Gasteiger partial charge is 0.258 e. The highest BCUT2D eigenvalue weighted by Gasteiger charge is 2.39. The van der Waals surface area contributed by atoms with Crippen LogP contribution < -0.4 is 10.1 Å². The number of benzene rings is 2. The second-order valence-corrected chi connectivity index (χ2v) is 9.15. The van der Waals surface area contributed by atoms with Gasteiger partial charge in [0, 0.05) is 31.4 Å². The number of fused-ring (bicyclic) bond motifs is 1. The first-order valence-corrected chi connectivity index (χ1v) is 11.9. The second-order valence-electron chi connectivity index (χ2n) is 9.15. The van der Waals surface area contributed by atoms with E-state index in [1.165, 1.54) is 11.1 Å². The summed E-state index contributed by atoms with van der Waals surface area (Å²) in [5, 5.41) is 2.87. The van der Waals surface area contributed by atoms with E-state index in [0.29, 0.717) is 12.3 Å². The normalized spacial score (nSPS) is 17.1. The number of pyridine rings is 1. The summed E-state index contributed by atoms with van der Waals surface area (Å²) in [5.41, 5.74) is 5.58. The maximum atomic E-state index is 13.1. The molecule has 1 aliphatic carbocycles. The SMILES string of the molecule is Cc1ccc(C2c3cc(OCC(=O)NCc4ccncc4)ccc3CCN2C(=O)C2CC2)cc1. The molecule has 2 heterocycles. The van der Waals surface area contributed by atoms with Crippen molar-refractivity contribution in [3.63, 3.8) is 0 Å². The van der Waals surface area contributed by atoms with E-state index in [0.717, 1.165) is 42.5 Å². The number of nitrogens with zero attached hydrogens (tertiary/aromatic N) is 2. The van der Waals surface area contributed by atoms with Gasteiger partial charge in [-0.15, -0.1) is 0 Å². The lowest BCUT2D eigenvalue weighted by molar-refractivity contribution is -0.134. The summed E-state index contributed by atoms with van der Waals surface area (Å²) in [7, 11) is 0. The van der Waals surface area contributed by atoms with Gasteiger partial charge in [-0.2, -0.15) is 0 Å². The Kier molecular flexibility index (Phi) is 6.30. The Morgan fingerprint density at radius 1 is 1.06 bits per heavy atom. The highest BCUT2D eigenvalue weighted by atomic mass is 16.5. The van der Waals surface area contributed by atoms with E-state index < -0.39 is 0 Å². The van der Waals surface area contributed by atoms with Crippen molar-refractivity contribution in [3.8, 4) is 5.75 Å². The van der Waals surface area contributed by atoms with Crippen LogP contribution in [-0.2, 0) is 22.6 Å². The molecule has 1 N–H and O–H groups in total. The fourth-order valence-corrected chi connectivity index (χ4v) is 4.49. The van der Waals surface area contributed by atoms with Crippen LogP contribution in [0.3, 0.4) is 0 Å². The molecule has 174 valence electrons. The minimum atomic E-state index is -0.185. The van der Waals surface area contributed by atoms with Crippen LogP contribution in [0.25, 0.3) is 0 Å². The summed E-state index contributed by atoms with van der Waals surface area (Å²) in [6, 6.07) is 18.0. The highest BCUT2D eigenvalue weighted by molar-refractivity contribution is 5.82. The lowest BCUT2D eigenvalue weighted by Gasteiger charge is -2.38. The largest absolute Gasteiger partial charge is 0.484 e. The van der Waals surface area contributed by atoms with E-state index >= 15 is 0 Å². The van der Waals surface area contributed by atoms with E-state index in [9.17, 15) is 9.59 Å². The number of nitrogens with one attached hydrogen (secondary N) is 1. The van der Waals surface area contributed by atoms with Gasteiger partial charge in [-0.25, -0.2) is 0 Å². The Labute approximate surface area is 200 Å². The van der Waals surface area contributed by atoms with Crippen LogP contribution in [0, 0.1) is 12.8 Å². The molecule has 1 unspecified atom stereocenters. The van der Waals surface area contributed by atoms with Crippen LogP contribution >= 0.6 is 0 Å². The first kappa shape index (κ1) is 22.1. The number of hydrogen-bond donors (Lipinski definition) is 1. The van der Waals surface area contributed by atoms with Crippen LogP contribution in [0.4, 0.5) is 0 Å². The minimum Gasteiger partial charge on any atom is -0.484 e. The van der Waals surface area contributed by atoms with Crippen molar-refractivity contribution in [1.29, 1.82) is 0 Å². The van der Waals surface area contributed by atoms with Gasteiger partial charge in [0.05, 0.1) is 6.04 Å². The van der Waals surface area contributed by atoms with Gasteiger partial charge in [0.2, 0.25) is 5.91 Å². The van der Waals surface area contributed by atoms with Gasteiger partial charge < -0.3 is 15.0 Å². The monoisotopic (exact) mass is 455 g/mol. The Balaban J connectivity index is 1.33. The maximum Gasteiger partial charge on any atom is 0.258 e. The van der Waals surface area contributed by atoms with Crippen LogP contribution in [0.15, 0.2) is 67.0 Å². The molecule has 2 aliphatic rings. The lowest BCUT2D eigenvalue weighted by atomic mass is 9.87. The van der Waals surface area contributed by atoms with E-state index in [1.54, 1.807) is 12.4 Å². The molecule has 6 nitrogen and oxygen atoms in total. The van der Waals surface area contributed by atoms with Crippen molar-refractivity contribution >= 4 is 11.8 Å². The molecule has 1 fully saturated rings. The predicted octanol–water partition coefficient (Wildman–Crippen LogP) is 3.97. The standard InChI is InChI=1S/C28H29N3O3/c1-19-2-4-22(5-3-19)27-25-16-24(34-18-26(32)30-17-20-10-13-29-14-11-20)9-8-21(25)12-15-31(27)28(33)23-6-7-23/h2-5,8-11,13-14,16,23,27H,6-7,12,15,17-18H2,1H3,(H,30,32). The van der Waals surface area contributed by atoms with Crippen molar-refractivity contribution in [2.45, 2.75) is 38.8 Å². The quantitative estimate of drug-likeness (QED) is 0.585. The van der Waals surface area contributed by atoms with Crippen LogP contribution in [0.1, 0.15) is 46.7 Å². The fourth-order valence-electron chi connectivity index (χ4n) is 4.49. The number of aromatic nitrogens is 1. The molecule has 3 aromatic rings. The topological polar surface area (TPSA) is 71.5 Å². The summed E-state index contributed by atoms with van der Waals surface area (Å²) in [4.78, 5) is 31.5. The molecule has 1 saturated carbocycles. The third-order valence-electron chi connectivity index (χ3n) is 6.56. The second kappa shape index (κ2) is 9.67. The fraction of sp³-hybridized carbons (Fsp3) is 0.321. The molecular formula is C28H29N3O3. The van der Waals surface area contributed by atoms with E-state index in [-0.39, 0.29) is 30.4 Å². The van der Waals surface area contributed by atoms with Crippen molar-refractivity contribution < 1.29 is 14.3 Å². The number of ether oxygens (including phenoxy) is 1. The highest BCUT2D eigenvalue weighted by Crippen LogP contribution is 2.41. The van der Waals surface area contributed by atoms with Gasteiger partial charge in [0.1, 0.15) is 5.75 Å². The van der Waals surface area contributed by atoms with E-state index in [2.05, 4.69) is 47.6 Å². The molecule has 2 aromatic carbocycles. The maximum absolute atomic E-state index is 13.1. The predicted molar refractivity (Wildman–Crippen MR) is 129 cm³/mol. The number of amides is 2. The molecule has 0 saturated heterocycles. The Morgan fingerprint density at radius 3 is 2.56 bits per heavy atom. The summed E-state index contributed by atoms with van der Waals surface area (Å²) >= 11 is 0. The molecule has 0 bridgehead atoms. The van der Waals surface area contributed by atoms with Crippen LogP contribution in [-0.4, -0.2) is 34.8 Å². The zero-order chi connectivity index (χ0) is 23.5. The minimum absolute atomic E-state index is 0.0657. The molecule has 0 spiro atoms. The van der Waals surface area contributed by atoms with E-state index in [4.69, 9.17) is 4.74 Å². The summed E-state index contributed by atoms with van der Waals surface area (Å²) < 4.78 is 5.85. The number of hydrogen-bond acceptors (Lipinski definition) is 4. The van der Waals surface area contributed by atoms with Crippen LogP contribution in [0.5, 0.6) is 5.75 Å². The van der Waals surface area contributed by atoms with Crippen LogP contribution in [0.2, 0.25) is 0 Å². The molecule has 0 radical (unpaired) electrons. The molecule has 1 atom stereocenters. The van der Waals surface area contributed by atoms with Gasteiger partial charge in [-0.05, 0) is 72.7 Å². The van der Waals surface area contributed by atoms with Gasteiger partial charge >= 0.3 is 0 Å². The molecule has 2 amide bonds. The summed E-state index contributed by atoms with van der Waals surface area (Å²) in [5.74, 6) is 0.863. The Bertz CT molecular complexity index is 1170. The molecular weight excluding hydrogens is 426 g/mol. The molecule has 1 aromatic heterocycles. The third kappa shape index (κ3) is 4.96. The summed E-state index contributed by atoms with van der Waals surface area (Å²) in [6.45, 7) is 3.16. The number of carbonyl (C=O) groups excluding carboxylic acids is 2. The molecule has 34 heavy (non-hydrogen) atoms. The molecule has 1 aliphatic heterocycles. The zero-order valence-electron chi connectivity index (χ0n) is 19.4. The van der Waals surface area contributed by atoms with Gasteiger partial charge in [-0.1, -0.05) is 35.9 Å². The van der Waals surface area contributed by atoms with Gasteiger partial charge in [0.25, 0.3) is 5.91 Å². The summed E-state index contributed by atoms with van der Waals surface area (Å²) in [6.07, 6.45) is 6.20. The zero-order valence-corrected chi connectivity index (χ0v) is 19.4. The lowest BCUT2D eigenvalue weighted by Crippen LogP contribution is -2.41. The number of aryl methyl sites for hydroxylation is 1. The average Bonchev–Trinajstić information content (AvgIpc) is 3.72. The average molecular weight is 456 g/mol. The Morgan fingerprint density at radius 2 is 1.82 bits per heavy atom. The van der Waals surface area contributed by atoms with Crippen molar-refractivity contribution in [3.05, 3.63) is 94.8 Å². The number of carbonyl (C=O) groups is 2. The van der Waals surface area contributed by atoms with Gasteiger partial charge in [-0.3, -0.25) is 14.6 Å². The Hall–Kier alpha value is -3.67. The molecule has 5 rings (SSSR count). The first-order valence-electron chi connectivity index (χ1n) is 11.9. The van der Waals surface area contributed by atoms with Crippen molar-refractivity contribution in [1.82, 2.24) is 15.2 Å². The van der Waals surface area contributed by atoms with Crippen molar-refractivity contribution in [2.75, 3.05) is 13.2 Å².